The van der Waals surface area contributed by atoms with Crippen LogP contribution >= 0.6 is 15.9 Å². The molecule has 0 aliphatic carbocycles. The molecule has 26 heavy (non-hydrogen) atoms. The molecule has 3 aromatic rings. The van der Waals surface area contributed by atoms with E-state index in [0.717, 1.165) is 26.9 Å². The second-order valence-electron chi connectivity index (χ2n) is 6.10. The summed E-state index contributed by atoms with van der Waals surface area (Å²) in [4.78, 5) is 12.4. The van der Waals surface area contributed by atoms with E-state index in [0.29, 0.717) is 5.75 Å². The first-order valence-corrected chi connectivity index (χ1v) is 9.21. The summed E-state index contributed by atoms with van der Waals surface area (Å²) < 4.78 is 6.76. The molecule has 0 aliphatic rings. The Balaban J connectivity index is 1.63. The van der Waals surface area contributed by atoms with Crippen LogP contribution in [0, 0.1) is 6.92 Å². The summed E-state index contributed by atoms with van der Waals surface area (Å²) in [5.74, 6) is 0.488. The number of rotatable bonds is 5. The second kappa shape index (κ2) is 8.19. The fourth-order valence-electron chi connectivity index (χ4n) is 2.62. The lowest BCUT2D eigenvalue weighted by atomic mass is 10.1. The minimum atomic E-state index is -0.597. The minimum Gasteiger partial charge on any atom is -0.481 e. The molecule has 1 N–H and O–H groups in total. The molecule has 0 radical (unpaired) electrons. The molecule has 0 spiro atoms. The van der Waals surface area contributed by atoms with E-state index in [9.17, 15) is 4.79 Å². The Morgan fingerprint density at radius 3 is 2.27 bits per heavy atom. The molecule has 1 unspecified atom stereocenters. The third-order valence-electron chi connectivity index (χ3n) is 4.09. The highest BCUT2D eigenvalue weighted by molar-refractivity contribution is 9.10. The summed E-state index contributed by atoms with van der Waals surface area (Å²) in [6.07, 6.45) is -0.597. The van der Waals surface area contributed by atoms with Crippen LogP contribution in [0.4, 0.5) is 5.69 Å². The number of carbonyl (C=O) groups is 1. The Kier molecular flexibility index (Phi) is 5.74. The first-order chi connectivity index (χ1) is 12.5. The number of hydrogen-bond donors (Lipinski definition) is 1. The molecule has 3 aromatic carbocycles. The number of ether oxygens (including phenoxy) is 1. The zero-order chi connectivity index (χ0) is 18.5. The smallest absolute Gasteiger partial charge is 0.265 e. The van der Waals surface area contributed by atoms with Crippen molar-refractivity contribution in [2.75, 3.05) is 5.32 Å². The van der Waals surface area contributed by atoms with E-state index < -0.39 is 6.10 Å². The molecule has 0 aliphatic heterocycles. The van der Waals surface area contributed by atoms with E-state index in [-0.39, 0.29) is 5.91 Å². The summed E-state index contributed by atoms with van der Waals surface area (Å²) in [5.41, 5.74) is 4.04. The van der Waals surface area contributed by atoms with Gasteiger partial charge in [-0.1, -0.05) is 58.4 Å². The van der Waals surface area contributed by atoms with Crippen molar-refractivity contribution in [2.45, 2.75) is 20.0 Å². The van der Waals surface area contributed by atoms with Crippen molar-refractivity contribution < 1.29 is 9.53 Å². The van der Waals surface area contributed by atoms with Gasteiger partial charge < -0.3 is 10.1 Å². The summed E-state index contributed by atoms with van der Waals surface area (Å²) in [5, 5.41) is 2.91. The van der Waals surface area contributed by atoms with Gasteiger partial charge in [0, 0.05) is 10.2 Å². The highest BCUT2D eigenvalue weighted by Crippen LogP contribution is 2.23. The van der Waals surface area contributed by atoms with E-state index in [2.05, 4.69) is 33.4 Å². The number of carbonyl (C=O) groups excluding carboxylic acids is 1. The maximum absolute atomic E-state index is 12.4. The number of amides is 1. The molecular formula is C22H20BrNO2. The fraction of sp³-hybridized carbons (Fsp3) is 0.136. The molecule has 1 amide bonds. The van der Waals surface area contributed by atoms with Gasteiger partial charge in [-0.3, -0.25) is 4.79 Å². The molecule has 4 heteroatoms. The van der Waals surface area contributed by atoms with Crippen molar-refractivity contribution >= 4 is 27.5 Å². The van der Waals surface area contributed by atoms with Crippen LogP contribution < -0.4 is 10.1 Å². The summed E-state index contributed by atoms with van der Waals surface area (Å²) in [6.45, 7) is 3.70. The van der Waals surface area contributed by atoms with Crippen molar-refractivity contribution in [2.24, 2.45) is 0 Å². The Morgan fingerprint density at radius 2 is 1.62 bits per heavy atom. The first kappa shape index (κ1) is 18.2. The Labute approximate surface area is 162 Å². The largest absolute Gasteiger partial charge is 0.481 e. The first-order valence-electron chi connectivity index (χ1n) is 8.42. The Morgan fingerprint density at radius 1 is 0.962 bits per heavy atom. The van der Waals surface area contributed by atoms with Gasteiger partial charge >= 0.3 is 0 Å². The molecule has 132 valence electrons. The fourth-order valence-corrected chi connectivity index (χ4v) is 3.09. The van der Waals surface area contributed by atoms with Crippen molar-refractivity contribution in [1.82, 2.24) is 0 Å². The molecule has 0 saturated carbocycles. The van der Waals surface area contributed by atoms with Crippen LogP contribution in [0.25, 0.3) is 11.1 Å². The predicted octanol–water partition coefficient (Wildman–Crippen LogP) is 5.83. The lowest BCUT2D eigenvalue weighted by molar-refractivity contribution is -0.122. The average Bonchev–Trinajstić information content (AvgIpc) is 2.65. The summed E-state index contributed by atoms with van der Waals surface area (Å²) >= 11 is 3.42. The van der Waals surface area contributed by atoms with Crippen LogP contribution in [-0.2, 0) is 4.79 Å². The van der Waals surface area contributed by atoms with E-state index >= 15 is 0 Å². The molecule has 0 bridgehead atoms. The SMILES string of the molecule is Cc1cc(Br)ccc1NC(=O)C(C)Oc1ccc(-c2ccccc2)cc1. The Bertz CT molecular complexity index is 892. The molecule has 1 atom stereocenters. The molecule has 0 saturated heterocycles. The van der Waals surface area contributed by atoms with Crippen LogP contribution in [-0.4, -0.2) is 12.0 Å². The number of benzene rings is 3. The van der Waals surface area contributed by atoms with Gasteiger partial charge in [0.25, 0.3) is 5.91 Å². The van der Waals surface area contributed by atoms with Crippen molar-refractivity contribution in [3.8, 4) is 16.9 Å². The molecule has 0 heterocycles. The van der Waals surface area contributed by atoms with Crippen LogP contribution in [0.2, 0.25) is 0 Å². The van der Waals surface area contributed by atoms with Crippen molar-refractivity contribution in [1.29, 1.82) is 0 Å². The number of halogens is 1. The molecule has 0 fully saturated rings. The molecule has 3 nitrogen and oxygen atoms in total. The normalized spacial score (nSPS) is 11.7. The molecular weight excluding hydrogens is 390 g/mol. The standard InChI is InChI=1S/C22H20BrNO2/c1-15-14-19(23)10-13-21(15)24-22(25)16(2)26-20-11-8-18(9-12-20)17-6-4-3-5-7-17/h3-14,16H,1-2H3,(H,24,25). The van der Waals surface area contributed by atoms with Gasteiger partial charge in [0.2, 0.25) is 0 Å². The third kappa shape index (κ3) is 4.52. The van der Waals surface area contributed by atoms with Gasteiger partial charge in [0.05, 0.1) is 0 Å². The maximum atomic E-state index is 12.4. The van der Waals surface area contributed by atoms with Crippen LogP contribution in [0.3, 0.4) is 0 Å². The number of aryl methyl sites for hydroxylation is 1. The van der Waals surface area contributed by atoms with Crippen LogP contribution in [0.5, 0.6) is 5.75 Å². The van der Waals surface area contributed by atoms with E-state index in [4.69, 9.17) is 4.74 Å². The van der Waals surface area contributed by atoms with E-state index in [1.165, 1.54) is 0 Å². The zero-order valence-corrected chi connectivity index (χ0v) is 16.3. The number of anilines is 1. The van der Waals surface area contributed by atoms with E-state index in [1.807, 2.05) is 67.6 Å². The number of hydrogen-bond acceptors (Lipinski definition) is 2. The van der Waals surface area contributed by atoms with Crippen molar-refractivity contribution in [3.63, 3.8) is 0 Å². The van der Waals surface area contributed by atoms with Gasteiger partial charge in [0.1, 0.15) is 5.75 Å². The van der Waals surface area contributed by atoms with Gasteiger partial charge in [0.15, 0.2) is 6.10 Å². The lowest BCUT2D eigenvalue weighted by Gasteiger charge is -2.16. The highest BCUT2D eigenvalue weighted by atomic mass is 79.9. The quantitative estimate of drug-likeness (QED) is 0.575. The van der Waals surface area contributed by atoms with Gasteiger partial charge in [-0.2, -0.15) is 0 Å². The molecule has 3 rings (SSSR count). The second-order valence-corrected chi connectivity index (χ2v) is 7.01. The summed E-state index contributed by atoms with van der Waals surface area (Å²) in [7, 11) is 0. The maximum Gasteiger partial charge on any atom is 0.265 e. The monoisotopic (exact) mass is 409 g/mol. The minimum absolute atomic E-state index is 0.178. The third-order valence-corrected chi connectivity index (χ3v) is 4.58. The van der Waals surface area contributed by atoms with Gasteiger partial charge in [-0.15, -0.1) is 0 Å². The van der Waals surface area contributed by atoms with Gasteiger partial charge in [-0.05, 0) is 60.9 Å². The lowest BCUT2D eigenvalue weighted by Crippen LogP contribution is -2.30. The van der Waals surface area contributed by atoms with Crippen molar-refractivity contribution in [3.05, 3.63) is 82.8 Å². The number of nitrogens with one attached hydrogen (secondary N) is 1. The van der Waals surface area contributed by atoms with Crippen LogP contribution in [0.1, 0.15) is 12.5 Å². The summed E-state index contributed by atoms with van der Waals surface area (Å²) in [6, 6.07) is 23.6. The average molecular weight is 410 g/mol. The van der Waals surface area contributed by atoms with Gasteiger partial charge in [-0.25, -0.2) is 0 Å². The van der Waals surface area contributed by atoms with Crippen LogP contribution in [0.15, 0.2) is 77.3 Å². The molecule has 0 aromatic heterocycles. The van der Waals surface area contributed by atoms with E-state index in [1.54, 1.807) is 6.92 Å². The Hall–Kier alpha value is -2.59. The zero-order valence-electron chi connectivity index (χ0n) is 14.7. The highest BCUT2D eigenvalue weighted by Gasteiger charge is 2.16. The predicted molar refractivity (Wildman–Crippen MR) is 109 cm³/mol. The topological polar surface area (TPSA) is 38.3 Å².